The minimum atomic E-state index is -3.64. The lowest BCUT2D eigenvalue weighted by Gasteiger charge is -2.34. The van der Waals surface area contributed by atoms with Gasteiger partial charge in [0.15, 0.2) is 13.1 Å². The summed E-state index contributed by atoms with van der Waals surface area (Å²) in [7, 11) is -3.64. The van der Waals surface area contributed by atoms with Crippen molar-refractivity contribution in [1.82, 2.24) is 13.9 Å². The molecule has 0 amide bonds. The summed E-state index contributed by atoms with van der Waals surface area (Å²) in [5.74, 6) is 0. The van der Waals surface area contributed by atoms with E-state index < -0.39 is 10.2 Å². The molecule has 3 heterocycles. The lowest BCUT2D eigenvalue weighted by molar-refractivity contribution is -0.0262. The molecule has 0 spiro atoms. The van der Waals surface area contributed by atoms with Gasteiger partial charge in [-0.15, -0.1) is 11.3 Å². The zero-order valence-electron chi connectivity index (χ0n) is 20.5. The third kappa shape index (κ3) is 5.49. The van der Waals surface area contributed by atoms with Gasteiger partial charge in [0, 0.05) is 44.0 Å². The van der Waals surface area contributed by atoms with Crippen molar-refractivity contribution < 1.29 is 37.1 Å². The van der Waals surface area contributed by atoms with E-state index in [4.69, 9.17) is 14.9 Å². The number of anilines is 1. The number of aromatic nitrogens is 1. The molecule has 2 fully saturated rings. The maximum absolute atomic E-state index is 11.7. The van der Waals surface area contributed by atoms with Gasteiger partial charge in [0.2, 0.25) is 5.36 Å². The zero-order chi connectivity index (χ0) is 24.2. The topological polar surface area (TPSA) is 91.8 Å². The van der Waals surface area contributed by atoms with E-state index in [0.29, 0.717) is 26.2 Å². The SMILES string of the molecule is Cc1cc(=[N+]2C[C@@H](C)O[C@H](C)C2)cc2sc3cc(N4CCN(S(N)(=O)=O)CC4)cc(C)c3nc1-2.[I-]. The van der Waals surface area contributed by atoms with Crippen molar-refractivity contribution in [3.63, 3.8) is 0 Å². The van der Waals surface area contributed by atoms with Crippen molar-refractivity contribution >= 4 is 37.5 Å². The van der Waals surface area contributed by atoms with Crippen LogP contribution in [-0.4, -0.2) is 69.2 Å². The second-order valence-corrected chi connectivity index (χ2v) is 12.2. The van der Waals surface area contributed by atoms with Gasteiger partial charge >= 0.3 is 0 Å². The Labute approximate surface area is 228 Å². The molecule has 35 heavy (non-hydrogen) atoms. The lowest BCUT2D eigenvalue weighted by Crippen LogP contribution is -3.00. The number of nitrogens with zero attached hydrogens (tertiary/aromatic N) is 4. The van der Waals surface area contributed by atoms with Crippen LogP contribution in [-0.2, 0) is 14.9 Å². The van der Waals surface area contributed by atoms with Crippen LogP contribution in [0.2, 0.25) is 0 Å². The molecule has 5 rings (SSSR count). The third-order valence-electron chi connectivity index (χ3n) is 6.69. The van der Waals surface area contributed by atoms with E-state index in [1.54, 1.807) is 11.3 Å². The van der Waals surface area contributed by atoms with Crippen LogP contribution in [0.4, 0.5) is 5.69 Å². The van der Waals surface area contributed by atoms with Gasteiger partial charge in [0.05, 0.1) is 20.8 Å². The Hall–Kier alpha value is -1.38. The van der Waals surface area contributed by atoms with Crippen molar-refractivity contribution in [1.29, 1.82) is 0 Å². The minimum absolute atomic E-state index is 0. The number of piperazine rings is 1. The number of ether oxygens (including phenoxy) is 1. The molecule has 2 saturated heterocycles. The Balaban J connectivity index is 0.00000289. The van der Waals surface area contributed by atoms with Crippen LogP contribution < -0.4 is 43.9 Å². The molecule has 1 aromatic carbocycles. The van der Waals surface area contributed by atoms with E-state index in [1.165, 1.54) is 20.1 Å². The summed E-state index contributed by atoms with van der Waals surface area (Å²) in [4.78, 5) is 8.46. The number of nitrogens with two attached hydrogens (primary N) is 1. The molecule has 1 aliphatic carbocycles. The summed E-state index contributed by atoms with van der Waals surface area (Å²) in [6.45, 7) is 12.3. The number of benzene rings is 2. The van der Waals surface area contributed by atoms with E-state index in [9.17, 15) is 8.42 Å². The van der Waals surface area contributed by atoms with Gasteiger partial charge in [0.25, 0.3) is 10.2 Å². The number of hydrogen-bond donors (Lipinski definition) is 1. The fourth-order valence-electron chi connectivity index (χ4n) is 5.08. The Kier molecular flexibility index (Phi) is 7.75. The van der Waals surface area contributed by atoms with Gasteiger partial charge in [-0.25, -0.2) is 14.7 Å². The molecule has 11 heteroatoms. The predicted octanol–water partition coefficient (Wildman–Crippen LogP) is -1.07. The van der Waals surface area contributed by atoms with E-state index >= 15 is 0 Å². The first-order valence-electron chi connectivity index (χ1n) is 11.7. The van der Waals surface area contributed by atoms with E-state index in [1.807, 2.05) is 0 Å². The third-order valence-corrected chi connectivity index (χ3v) is 8.84. The minimum Gasteiger partial charge on any atom is -1.00 e. The molecule has 3 aliphatic heterocycles. The van der Waals surface area contributed by atoms with E-state index in [0.717, 1.165) is 40.3 Å². The number of rotatable bonds is 2. The first-order chi connectivity index (χ1) is 16.1. The highest BCUT2D eigenvalue weighted by molar-refractivity contribution is 7.86. The van der Waals surface area contributed by atoms with Gasteiger partial charge < -0.3 is 33.6 Å². The Morgan fingerprint density at radius 3 is 2.31 bits per heavy atom. The molecule has 190 valence electrons. The molecule has 2 atom stereocenters. The monoisotopic (exact) mass is 629 g/mol. The Morgan fingerprint density at radius 1 is 1.03 bits per heavy atom. The Morgan fingerprint density at radius 2 is 1.69 bits per heavy atom. The smallest absolute Gasteiger partial charge is 0.277 e. The van der Waals surface area contributed by atoms with Crippen molar-refractivity contribution in [3.8, 4) is 10.6 Å². The first kappa shape index (κ1) is 26.7. The van der Waals surface area contributed by atoms with E-state index in [-0.39, 0.29) is 36.2 Å². The average Bonchev–Trinajstić information content (AvgIpc) is 2.77. The summed E-state index contributed by atoms with van der Waals surface area (Å²) in [6.07, 6.45) is 0.413. The molecule has 4 aliphatic rings. The van der Waals surface area contributed by atoms with Crippen LogP contribution >= 0.6 is 11.3 Å². The molecule has 8 nitrogen and oxygen atoms in total. The Bertz CT molecular complexity index is 1390. The largest absolute Gasteiger partial charge is 1.00 e. The van der Waals surface area contributed by atoms with Crippen LogP contribution in [0.3, 0.4) is 0 Å². The highest BCUT2D eigenvalue weighted by Gasteiger charge is 2.27. The zero-order valence-corrected chi connectivity index (χ0v) is 24.3. The highest BCUT2D eigenvalue weighted by atomic mass is 127. The molecule has 0 aromatic heterocycles. The number of aryl methyl sites for hydroxylation is 2. The normalized spacial score (nSPS) is 22.0. The second-order valence-electron chi connectivity index (χ2n) is 9.53. The number of morpholine rings is 1. The summed E-state index contributed by atoms with van der Waals surface area (Å²) in [5, 5.41) is 6.52. The quantitative estimate of drug-likeness (QED) is 0.222. The van der Waals surface area contributed by atoms with E-state index in [2.05, 4.69) is 61.4 Å². The maximum Gasteiger partial charge on any atom is 0.277 e. The molecule has 0 unspecified atom stereocenters. The van der Waals surface area contributed by atoms with Crippen LogP contribution in [0.25, 0.3) is 20.8 Å². The van der Waals surface area contributed by atoms with Gasteiger partial charge in [-0.3, -0.25) is 0 Å². The highest BCUT2D eigenvalue weighted by Crippen LogP contribution is 2.35. The molecule has 0 bridgehead atoms. The fraction of sp³-hybridized carbons (Fsp3) is 0.500. The summed E-state index contributed by atoms with van der Waals surface area (Å²) in [6, 6.07) is 8.85. The molecule has 2 N–H and O–H groups in total. The van der Waals surface area contributed by atoms with Gasteiger partial charge in [-0.1, -0.05) is 0 Å². The molecular weight excluding hydrogens is 597 g/mol. The molecule has 1 aromatic rings. The van der Waals surface area contributed by atoms with Crippen LogP contribution in [0.5, 0.6) is 0 Å². The first-order valence-corrected chi connectivity index (χ1v) is 14.0. The standard InChI is InChI=1S/C24H32N5O3S2.HI/c1-15-9-19(27-5-7-29(8-6-27)34(25,30)31)11-21-23(15)26-24-16(2)10-20(12-22(24)33-21)28-13-17(3)32-18(4)14-28;/h9-12,17-18H,5-8,13-14H2,1-4H3,(H2,25,30,31);1H/q+1;/p-1/t17-,18-;/m1./s1. The summed E-state index contributed by atoms with van der Waals surface area (Å²) >= 11 is 1.77. The number of halogens is 1. The van der Waals surface area contributed by atoms with Gasteiger partial charge in [0.1, 0.15) is 12.2 Å². The number of hydrogen-bond acceptors (Lipinski definition) is 6. The lowest BCUT2D eigenvalue weighted by atomic mass is 10.1. The fourth-order valence-corrected chi connectivity index (χ4v) is 6.96. The van der Waals surface area contributed by atoms with Crippen LogP contribution in [0.1, 0.15) is 25.0 Å². The van der Waals surface area contributed by atoms with Crippen LogP contribution in [0.15, 0.2) is 24.3 Å². The number of fused-ring (bicyclic) bond motifs is 2. The molecule has 0 radical (unpaired) electrons. The summed E-state index contributed by atoms with van der Waals surface area (Å²) < 4.78 is 34.1. The molecular formula is C24H32IN5O3S2. The molecule has 0 saturated carbocycles. The predicted molar refractivity (Wildman–Crippen MR) is 138 cm³/mol. The van der Waals surface area contributed by atoms with Crippen LogP contribution in [0, 0.1) is 13.8 Å². The van der Waals surface area contributed by atoms with Crippen molar-refractivity contribution in [2.24, 2.45) is 5.14 Å². The van der Waals surface area contributed by atoms with Crippen molar-refractivity contribution in [2.45, 2.75) is 39.9 Å². The summed E-state index contributed by atoms with van der Waals surface area (Å²) in [5.41, 5.74) is 5.47. The average molecular weight is 630 g/mol. The van der Waals surface area contributed by atoms with Crippen molar-refractivity contribution in [3.05, 3.63) is 40.7 Å². The van der Waals surface area contributed by atoms with Gasteiger partial charge in [-0.2, -0.15) is 12.7 Å². The van der Waals surface area contributed by atoms with Crippen molar-refractivity contribution in [2.75, 3.05) is 44.2 Å². The maximum atomic E-state index is 11.7. The van der Waals surface area contributed by atoms with Gasteiger partial charge in [-0.05, 0) is 51.0 Å². The second kappa shape index (κ2) is 10.2.